The van der Waals surface area contributed by atoms with Crippen molar-refractivity contribution in [2.24, 2.45) is 0 Å². The summed E-state index contributed by atoms with van der Waals surface area (Å²) in [5.74, 6) is 0.826. The highest BCUT2D eigenvalue weighted by atomic mass is 79.9. The van der Waals surface area contributed by atoms with Crippen LogP contribution < -0.4 is 4.74 Å². The summed E-state index contributed by atoms with van der Waals surface area (Å²) in [5, 5.41) is 9.45. The van der Waals surface area contributed by atoms with Crippen molar-refractivity contribution in [3.63, 3.8) is 0 Å². The number of benzene rings is 2. The molecule has 3 nitrogen and oxygen atoms in total. The lowest BCUT2D eigenvalue weighted by atomic mass is 10.1. The zero-order valence-electron chi connectivity index (χ0n) is 12.0. The standard InChI is InChI=1S/C17H19BrO3/c1-20-16-8-4-14(5-9-16)12-21-17(11-19)10-13-2-6-15(18)7-3-13/h2-9,17,19H,10-12H2,1H3. The molecule has 0 spiro atoms. The van der Waals surface area contributed by atoms with Crippen LogP contribution in [0.5, 0.6) is 5.75 Å². The largest absolute Gasteiger partial charge is 0.497 e. The normalized spacial score (nSPS) is 12.1. The Balaban J connectivity index is 1.88. The minimum Gasteiger partial charge on any atom is -0.497 e. The van der Waals surface area contributed by atoms with E-state index in [1.165, 1.54) is 0 Å². The fourth-order valence-corrected chi connectivity index (χ4v) is 2.26. The van der Waals surface area contributed by atoms with Crippen LogP contribution in [0, 0.1) is 0 Å². The molecule has 0 aliphatic rings. The molecule has 0 heterocycles. The molecule has 1 N–H and O–H groups in total. The van der Waals surface area contributed by atoms with Crippen molar-refractivity contribution >= 4 is 15.9 Å². The fraction of sp³-hybridized carbons (Fsp3) is 0.294. The van der Waals surface area contributed by atoms with Crippen LogP contribution in [0.4, 0.5) is 0 Å². The number of rotatable bonds is 7. The van der Waals surface area contributed by atoms with E-state index < -0.39 is 0 Å². The SMILES string of the molecule is COc1ccc(COC(CO)Cc2ccc(Br)cc2)cc1. The highest BCUT2D eigenvalue weighted by molar-refractivity contribution is 9.10. The van der Waals surface area contributed by atoms with Crippen LogP contribution in [-0.4, -0.2) is 24.9 Å². The first-order valence-corrected chi connectivity index (χ1v) is 7.60. The van der Waals surface area contributed by atoms with Crippen molar-refractivity contribution in [2.45, 2.75) is 19.1 Å². The number of halogens is 1. The summed E-state index contributed by atoms with van der Waals surface area (Å²) >= 11 is 3.41. The second kappa shape index (κ2) is 8.17. The maximum Gasteiger partial charge on any atom is 0.118 e. The summed E-state index contributed by atoms with van der Waals surface area (Å²) in [6.45, 7) is 0.484. The lowest BCUT2D eigenvalue weighted by Crippen LogP contribution is -2.20. The smallest absolute Gasteiger partial charge is 0.118 e. The van der Waals surface area contributed by atoms with Crippen LogP contribution in [0.3, 0.4) is 0 Å². The predicted octanol–water partition coefficient (Wildman–Crippen LogP) is 3.58. The molecule has 1 unspecified atom stereocenters. The van der Waals surface area contributed by atoms with E-state index >= 15 is 0 Å². The van der Waals surface area contributed by atoms with E-state index in [1.54, 1.807) is 7.11 Å². The minimum absolute atomic E-state index is 0.00617. The lowest BCUT2D eigenvalue weighted by molar-refractivity contribution is 0.00315. The molecule has 21 heavy (non-hydrogen) atoms. The topological polar surface area (TPSA) is 38.7 Å². The minimum atomic E-state index is -0.201. The highest BCUT2D eigenvalue weighted by Gasteiger charge is 2.09. The van der Waals surface area contributed by atoms with Crippen LogP contribution >= 0.6 is 15.9 Å². The average Bonchev–Trinajstić information content (AvgIpc) is 2.53. The van der Waals surface area contributed by atoms with Gasteiger partial charge in [0.15, 0.2) is 0 Å². The average molecular weight is 351 g/mol. The first-order valence-electron chi connectivity index (χ1n) is 6.81. The van der Waals surface area contributed by atoms with E-state index in [4.69, 9.17) is 9.47 Å². The van der Waals surface area contributed by atoms with Gasteiger partial charge >= 0.3 is 0 Å². The Bertz CT molecular complexity index is 537. The maximum absolute atomic E-state index is 9.45. The molecule has 112 valence electrons. The van der Waals surface area contributed by atoms with Crippen LogP contribution in [-0.2, 0) is 17.8 Å². The molecule has 2 rings (SSSR count). The third-order valence-corrected chi connectivity index (χ3v) is 3.75. The van der Waals surface area contributed by atoms with Gasteiger partial charge in [0.25, 0.3) is 0 Å². The third kappa shape index (κ3) is 5.16. The number of hydrogen-bond donors (Lipinski definition) is 1. The Labute approximate surface area is 133 Å². The van der Waals surface area contributed by atoms with Gasteiger partial charge in [-0.25, -0.2) is 0 Å². The molecule has 0 saturated heterocycles. The first kappa shape index (κ1) is 16.0. The molecule has 0 saturated carbocycles. The number of ether oxygens (including phenoxy) is 2. The van der Waals surface area contributed by atoms with E-state index in [-0.39, 0.29) is 12.7 Å². The van der Waals surface area contributed by atoms with Crippen LogP contribution in [0.25, 0.3) is 0 Å². The zero-order valence-corrected chi connectivity index (χ0v) is 13.5. The van der Waals surface area contributed by atoms with Crippen molar-refractivity contribution in [1.82, 2.24) is 0 Å². The molecule has 0 radical (unpaired) electrons. The van der Waals surface area contributed by atoms with Crippen molar-refractivity contribution in [3.05, 3.63) is 64.1 Å². The summed E-state index contributed by atoms with van der Waals surface area (Å²) in [7, 11) is 1.64. The Hall–Kier alpha value is -1.36. The molecular formula is C17H19BrO3. The molecule has 0 aromatic heterocycles. The number of aliphatic hydroxyl groups excluding tert-OH is 1. The molecule has 2 aromatic carbocycles. The Morgan fingerprint density at radius 2 is 1.62 bits per heavy atom. The summed E-state index contributed by atoms with van der Waals surface area (Å²) in [4.78, 5) is 0. The van der Waals surface area contributed by atoms with Gasteiger partial charge in [0, 0.05) is 10.9 Å². The second-order valence-electron chi connectivity index (χ2n) is 4.79. The number of hydrogen-bond acceptors (Lipinski definition) is 3. The maximum atomic E-state index is 9.45. The molecular weight excluding hydrogens is 332 g/mol. The Kier molecular flexibility index (Phi) is 6.23. The summed E-state index contributed by atoms with van der Waals surface area (Å²) in [6, 6.07) is 15.8. The highest BCUT2D eigenvalue weighted by Crippen LogP contribution is 2.15. The Morgan fingerprint density at radius 3 is 2.19 bits per heavy atom. The predicted molar refractivity (Wildman–Crippen MR) is 86.5 cm³/mol. The monoisotopic (exact) mass is 350 g/mol. The van der Waals surface area contributed by atoms with E-state index in [0.717, 1.165) is 21.3 Å². The van der Waals surface area contributed by atoms with Crippen LogP contribution in [0.15, 0.2) is 53.0 Å². The van der Waals surface area contributed by atoms with Crippen LogP contribution in [0.2, 0.25) is 0 Å². The van der Waals surface area contributed by atoms with Crippen molar-refractivity contribution in [1.29, 1.82) is 0 Å². The quantitative estimate of drug-likeness (QED) is 0.829. The molecule has 1 atom stereocenters. The second-order valence-corrected chi connectivity index (χ2v) is 5.71. The molecule has 2 aromatic rings. The molecule has 0 bridgehead atoms. The van der Waals surface area contributed by atoms with Crippen molar-refractivity contribution < 1.29 is 14.6 Å². The summed E-state index contributed by atoms with van der Waals surface area (Å²) < 4.78 is 11.9. The zero-order chi connectivity index (χ0) is 15.1. The van der Waals surface area contributed by atoms with Gasteiger partial charge in [-0.05, 0) is 35.4 Å². The van der Waals surface area contributed by atoms with Crippen molar-refractivity contribution in [2.75, 3.05) is 13.7 Å². The van der Waals surface area contributed by atoms with E-state index in [0.29, 0.717) is 13.0 Å². The van der Waals surface area contributed by atoms with Gasteiger partial charge in [0.1, 0.15) is 5.75 Å². The molecule has 0 amide bonds. The van der Waals surface area contributed by atoms with E-state index in [2.05, 4.69) is 15.9 Å². The Morgan fingerprint density at radius 1 is 1.00 bits per heavy atom. The van der Waals surface area contributed by atoms with E-state index in [9.17, 15) is 5.11 Å². The van der Waals surface area contributed by atoms with Gasteiger partial charge in [-0.15, -0.1) is 0 Å². The van der Waals surface area contributed by atoms with Gasteiger partial charge in [-0.1, -0.05) is 40.2 Å². The van der Waals surface area contributed by atoms with Crippen molar-refractivity contribution in [3.8, 4) is 5.75 Å². The van der Waals surface area contributed by atoms with Gasteiger partial charge in [-0.3, -0.25) is 0 Å². The van der Waals surface area contributed by atoms with Gasteiger partial charge in [0.2, 0.25) is 0 Å². The molecule has 4 heteroatoms. The van der Waals surface area contributed by atoms with Crippen LogP contribution in [0.1, 0.15) is 11.1 Å². The van der Waals surface area contributed by atoms with Gasteiger partial charge < -0.3 is 14.6 Å². The lowest BCUT2D eigenvalue weighted by Gasteiger charge is -2.16. The first-order chi connectivity index (χ1) is 10.2. The molecule has 0 aliphatic carbocycles. The van der Waals surface area contributed by atoms with Gasteiger partial charge in [-0.2, -0.15) is 0 Å². The van der Waals surface area contributed by atoms with Gasteiger partial charge in [0.05, 0.1) is 26.4 Å². The third-order valence-electron chi connectivity index (χ3n) is 3.23. The summed E-state index contributed by atoms with van der Waals surface area (Å²) in [6.07, 6.45) is 0.494. The molecule has 0 fully saturated rings. The molecule has 0 aliphatic heterocycles. The van der Waals surface area contributed by atoms with E-state index in [1.807, 2.05) is 48.5 Å². The fourth-order valence-electron chi connectivity index (χ4n) is 2.00. The number of aliphatic hydroxyl groups is 1. The number of methoxy groups -OCH3 is 1. The summed E-state index contributed by atoms with van der Waals surface area (Å²) in [5.41, 5.74) is 2.21.